The third-order valence-electron chi connectivity index (χ3n) is 4.85. The predicted molar refractivity (Wildman–Crippen MR) is 127 cm³/mol. The van der Waals surface area contributed by atoms with Gasteiger partial charge in [-0.3, -0.25) is 14.2 Å². The molecule has 0 saturated heterocycles. The Morgan fingerprint density at radius 1 is 1.24 bits per heavy atom. The number of ether oxygens (including phenoxy) is 2. The molecule has 1 aromatic carbocycles. The number of esters is 2. The summed E-state index contributed by atoms with van der Waals surface area (Å²) in [5.74, 6) is -0.632. The maximum Gasteiger partial charge on any atom is 0.338 e. The average molecular weight is 481 g/mol. The summed E-state index contributed by atoms with van der Waals surface area (Å²) in [7, 11) is 0. The molecule has 0 bridgehead atoms. The van der Waals surface area contributed by atoms with Crippen LogP contribution in [0.25, 0.3) is 6.08 Å². The van der Waals surface area contributed by atoms with E-state index < -0.39 is 18.0 Å². The summed E-state index contributed by atoms with van der Waals surface area (Å²) < 4.78 is 12.5. The lowest BCUT2D eigenvalue weighted by Crippen LogP contribution is -2.39. The van der Waals surface area contributed by atoms with Crippen LogP contribution in [0.15, 0.2) is 75.5 Å². The molecule has 0 saturated carbocycles. The van der Waals surface area contributed by atoms with E-state index in [9.17, 15) is 14.4 Å². The van der Waals surface area contributed by atoms with Gasteiger partial charge in [0.05, 0.1) is 15.8 Å². The highest BCUT2D eigenvalue weighted by atomic mass is 32.1. The van der Waals surface area contributed by atoms with Crippen LogP contribution in [0.3, 0.4) is 0 Å². The number of thiophene rings is 1. The zero-order valence-electron chi connectivity index (χ0n) is 17.9. The van der Waals surface area contributed by atoms with Crippen molar-refractivity contribution in [3.05, 3.63) is 95.8 Å². The van der Waals surface area contributed by atoms with Gasteiger partial charge in [-0.15, -0.1) is 11.3 Å². The monoisotopic (exact) mass is 480 g/mol. The summed E-state index contributed by atoms with van der Waals surface area (Å²) in [5, 5.41) is 1.89. The van der Waals surface area contributed by atoms with Crippen LogP contribution in [-0.4, -0.2) is 23.1 Å². The van der Waals surface area contributed by atoms with E-state index in [1.807, 2.05) is 17.5 Å². The molecule has 0 spiro atoms. The molecule has 0 radical (unpaired) electrons. The molecule has 3 heterocycles. The molecule has 0 unspecified atom stereocenters. The molecule has 0 aliphatic carbocycles. The van der Waals surface area contributed by atoms with Gasteiger partial charge < -0.3 is 9.47 Å². The predicted octanol–water partition coefficient (Wildman–Crippen LogP) is 2.95. The fourth-order valence-corrected chi connectivity index (χ4v) is 5.36. The number of carbonyl (C=O) groups excluding carboxylic acids is 2. The first-order valence-corrected chi connectivity index (χ1v) is 11.7. The Bertz CT molecular complexity index is 1440. The maximum absolute atomic E-state index is 13.5. The number of aromatic nitrogens is 1. The molecule has 0 fully saturated rings. The van der Waals surface area contributed by atoms with Crippen LogP contribution in [0.1, 0.15) is 30.3 Å². The first-order chi connectivity index (χ1) is 15.9. The fourth-order valence-electron chi connectivity index (χ4n) is 3.50. The highest BCUT2D eigenvalue weighted by Gasteiger charge is 2.33. The second-order valence-corrected chi connectivity index (χ2v) is 9.10. The standard InChI is InChI=1S/C24H20N2O5S2/c1-4-11-30-23(29)20-14(2)25-24-26(21(20)18-10-7-12-32-18)22(28)19(33-24)13-16-8-5-6-9-17(16)31-15(3)27/h4-10,12-13,21H,1,11H2,2-3H3/b19-13+/t21-/m1/s1. The van der Waals surface area contributed by atoms with Crippen molar-refractivity contribution in [1.29, 1.82) is 0 Å². The van der Waals surface area contributed by atoms with Gasteiger partial charge in [-0.05, 0) is 30.5 Å². The fraction of sp³-hybridized carbons (Fsp3) is 0.167. The van der Waals surface area contributed by atoms with Gasteiger partial charge in [-0.2, -0.15) is 0 Å². The Hall–Kier alpha value is -3.56. The number of thiazole rings is 1. The minimum absolute atomic E-state index is 0.0597. The van der Waals surface area contributed by atoms with Gasteiger partial charge in [0.15, 0.2) is 4.80 Å². The normalized spacial score (nSPS) is 15.6. The number of fused-ring (bicyclic) bond motifs is 1. The van der Waals surface area contributed by atoms with Crippen LogP contribution >= 0.6 is 22.7 Å². The SMILES string of the molecule is C=CCOC(=O)C1=C(C)N=c2s/c(=C/c3ccccc3OC(C)=O)c(=O)n2[C@@H]1c1cccs1. The van der Waals surface area contributed by atoms with Crippen molar-refractivity contribution >= 4 is 40.7 Å². The second-order valence-electron chi connectivity index (χ2n) is 7.12. The highest BCUT2D eigenvalue weighted by molar-refractivity contribution is 7.10. The first kappa shape index (κ1) is 22.6. The first-order valence-electron chi connectivity index (χ1n) is 10.0. The minimum atomic E-state index is -0.649. The molecule has 0 amide bonds. The summed E-state index contributed by atoms with van der Waals surface area (Å²) in [4.78, 5) is 43.7. The Morgan fingerprint density at radius 2 is 2.03 bits per heavy atom. The van der Waals surface area contributed by atoms with Crippen molar-refractivity contribution in [3.63, 3.8) is 0 Å². The van der Waals surface area contributed by atoms with Gasteiger partial charge in [-0.1, -0.05) is 48.3 Å². The van der Waals surface area contributed by atoms with Crippen LogP contribution in [0.5, 0.6) is 5.75 Å². The number of para-hydroxylation sites is 1. The third kappa shape index (κ3) is 4.50. The average Bonchev–Trinajstić information content (AvgIpc) is 3.41. The van der Waals surface area contributed by atoms with Gasteiger partial charge in [0.25, 0.3) is 5.56 Å². The number of benzene rings is 1. The van der Waals surface area contributed by atoms with Crippen LogP contribution in [-0.2, 0) is 14.3 Å². The lowest BCUT2D eigenvalue weighted by atomic mass is 10.0. The minimum Gasteiger partial charge on any atom is -0.458 e. The van der Waals surface area contributed by atoms with Crippen LogP contribution < -0.4 is 19.6 Å². The van der Waals surface area contributed by atoms with E-state index in [1.165, 1.54) is 40.2 Å². The van der Waals surface area contributed by atoms with E-state index in [1.54, 1.807) is 37.3 Å². The molecular weight excluding hydrogens is 460 g/mol. The highest BCUT2D eigenvalue weighted by Crippen LogP contribution is 2.33. The Balaban J connectivity index is 1.90. The largest absolute Gasteiger partial charge is 0.458 e. The number of allylic oxidation sites excluding steroid dienone is 1. The van der Waals surface area contributed by atoms with Gasteiger partial charge in [0, 0.05) is 17.4 Å². The Labute approximate surface area is 197 Å². The number of rotatable bonds is 6. The zero-order chi connectivity index (χ0) is 23.5. The van der Waals surface area contributed by atoms with Crippen molar-refractivity contribution in [2.24, 2.45) is 4.99 Å². The zero-order valence-corrected chi connectivity index (χ0v) is 19.6. The van der Waals surface area contributed by atoms with E-state index >= 15 is 0 Å². The van der Waals surface area contributed by atoms with Crippen molar-refractivity contribution in [3.8, 4) is 5.75 Å². The van der Waals surface area contributed by atoms with Gasteiger partial charge in [0.2, 0.25) is 0 Å². The van der Waals surface area contributed by atoms with Crippen LogP contribution in [0.2, 0.25) is 0 Å². The van der Waals surface area contributed by atoms with E-state index in [0.29, 0.717) is 31.9 Å². The van der Waals surface area contributed by atoms with Crippen molar-refractivity contribution in [2.45, 2.75) is 19.9 Å². The molecule has 168 valence electrons. The quantitative estimate of drug-likeness (QED) is 0.308. The van der Waals surface area contributed by atoms with E-state index in [-0.39, 0.29) is 12.2 Å². The maximum atomic E-state index is 13.5. The topological polar surface area (TPSA) is 87.0 Å². The summed E-state index contributed by atoms with van der Waals surface area (Å²) in [6.07, 6.45) is 3.16. The summed E-state index contributed by atoms with van der Waals surface area (Å²) in [6, 6.07) is 10.1. The molecule has 3 aromatic rings. The third-order valence-corrected chi connectivity index (χ3v) is 6.75. The summed E-state index contributed by atoms with van der Waals surface area (Å²) in [5.41, 5.74) is 1.11. The number of hydrogen-bond acceptors (Lipinski definition) is 8. The molecular formula is C24H20N2O5S2. The smallest absolute Gasteiger partial charge is 0.338 e. The van der Waals surface area contributed by atoms with E-state index in [0.717, 1.165) is 4.88 Å². The molecule has 0 N–H and O–H groups in total. The van der Waals surface area contributed by atoms with Gasteiger partial charge in [-0.25, -0.2) is 9.79 Å². The molecule has 1 aliphatic heterocycles. The molecule has 1 aliphatic rings. The molecule has 9 heteroatoms. The molecule has 4 rings (SSSR count). The number of nitrogens with zero attached hydrogens (tertiary/aromatic N) is 2. The second kappa shape index (κ2) is 9.51. The van der Waals surface area contributed by atoms with Crippen molar-refractivity contribution < 1.29 is 19.1 Å². The van der Waals surface area contributed by atoms with Gasteiger partial charge >= 0.3 is 11.9 Å². The van der Waals surface area contributed by atoms with Crippen molar-refractivity contribution in [2.75, 3.05) is 6.61 Å². The summed E-state index contributed by atoms with van der Waals surface area (Å²) in [6.45, 7) is 6.70. The Kier molecular flexibility index (Phi) is 6.52. The Morgan fingerprint density at radius 3 is 2.73 bits per heavy atom. The summed E-state index contributed by atoms with van der Waals surface area (Å²) >= 11 is 2.66. The molecule has 2 aromatic heterocycles. The molecule has 7 nitrogen and oxygen atoms in total. The van der Waals surface area contributed by atoms with Gasteiger partial charge in [0.1, 0.15) is 18.4 Å². The van der Waals surface area contributed by atoms with Crippen molar-refractivity contribution in [1.82, 2.24) is 4.57 Å². The van der Waals surface area contributed by atoms with E-state index in [2.05, 4.69) is 11.6 Å². The molecule has 33 heavy (non-hydrogen) atoms. The lowest BCUT2D eigenvalue weighted by molar-refractivity contribution is -0.138. The van der Waals surface area contributed by atoms with E-state index in [4.69, 9.17) is 9.47 Å². The number of hydrogen-bond donors (Lipinski definition) is 0. The van der Waals surface area contributed by atoms with Crippen LogP contribution in [0.4, 0.5) is 0 Å². The molecule has 1 atom stereocenters. The number of carbonyl (C=O) groups is 2. The van der Waals surface area contributed by atoms with Crippen LogP contribution in [0, 0.1) is 0 Å². The lowest BCUT2D eigenvalue weighted by Gasteiger charge is -2.23.